The molecule has 0 aliphatic heterocycles. The van der Waals surface area contributed by atoms with Crippen LogP contribution in [0.15, 0.2) is 374 Å². The number of furan rings is 1. The first-order chi connectivity index (χ1) is 56.3. The van der Waals surface area contributed by atoms with Crippen molar-refractivity contribution < 1.29 is 8.81 Å². The summed E-state index contributed by atoms with van der Waals surface area (Å²) in [6, 6.07) is 128. The summed E-state index contributed by atoms with van der Waals surface area (Å²) >= 11 is 29.6. The molecule has 0 bridgehead atoms. The summed E-state index contributed by atoms with van der Waals surface area (Å²) < 4.78 is 29.7. The standard InChI is InChI=1S/C30H18ClNO.C30H20ClN.C27H19ClS.C18H10ClFS/c31-20-16-19(22-11-7-12-26-25-10-3-6-15-29(25)33-30(22)26)17-21(18-20)32-27-13-4-1-8-23(27)24-9-2-5-14-28(24)32;31-25-18-23(21-9-3-1-4-10-21)17-24(19-25)22-15-16-28-27-13-7-8-14-29(27)32(30(28)20-22)26-11-5-2-6-12-26;1-27(2)23-12-5-3-8-17(23)21-14-16(28)15-22(25(21)27)20-11-7-10-19-18-9-4-6-13-24(18)29-26(19)20;19-12-8-11(9-13(20)10-12)14-5-3-7-17-18(14)15-4-1-2-6-16(15)21-17/h1-18H;1-20H;3-15H,1-2H3;1-10H. The Bertz CT molecular complexity index is 7520. The van der Waals surface area contributed by atoms with E-state index in [0.29, 0.717) is 10.0 Å². The van der Waals surface area contributed by atoms with Crippen molar-refractivity contribution in [1.82, 2.24) is 9.13 Å². The van der Waals surface area contributed by atoms with Crippen molar-refractivity contribution in [3.05, 3.63) is 407 Å². The van der Waals surface area contributed by atoms with Crippen LogP contribution in [0.25, 0.3) is 184 Å². The lowest BCUT2D eigenvalue weighted by Gasteiger charge is -2.25. The molecule has 1 aliphatic carbocycles. The minimum absolute atomic E-state index is 0.0648. The van der Waals surface area contributed by atoms with E-state index >= 15 is 0 Å². The van der Waals surface area contributed by atoms with Crippen LogP contribution in [-0.2, 0) is 5.41 Å². The molecule has 0 saturated carbocycles. The predicted octanol–water partition coefficient (Wildman–Crippen LogP) is 33.0. The van der Waals surface area contributed by atoms with Gasteiger partial charge in [-0.15, -0.1) is 22.7 Å². The number of thiophene rings is 2. The molecule has 3 nitrogen and oxygen atoms in total. The molecule has 115 heavy (non-hydrogen) atoms. The monoisotopic (exact) mass is 1590 g/mol. The van der Waals surface area contributed by atoms with Crippen LogP contribution in [0, 0.1) is 5.82 Å². The highest BCUT2D eigenvalue weighted by molar-refractivity contribution is 7.26. The topological polar surface area (TPSA) is 23.0 Å². The number of fused-ring (bicyclic) bond motifs is 18. The molecule has 0 atom stereocenters. The molecule has 5 heterocycles. The Morgan fingerprint density at radius 2 is 0.765 bits per heavy atom. The van der Waals surface area contributed by atoms with E-state index in [1.165, 1.54) is 118 Å². The Balaban J connectivity index is 0.000000100. The van der Waals surface area contributed by atoms with Gasteiger partial charge >= 0.3 is 0 Å². The summed E-state index contributed by atoms with van der Waals surface area (Å²) in [6.45, 7) is 4.67. The van der Waals surface area contributed by atoms with Gasteiger partial charge in [-0.3, -0.25) is 0 Å². The van der Waals surface area contributed by atoms with Crippen molar-refractivity contribution in [2.75, 3.05) is 0 Å². The summed E-state index contributed by atoms with van der Waals surface area (Å²) in [7, 11) is 0. The van der Waals surface area contributed by atoms with E-state index in [2.05, 4.69) is 302 Å². The van der Waals surface area contributed by atoms with Crippen LogP contribution >= 0.6 is 69.1 Å². The van der Waals surface area contributed by atoms with Crippen LogP contribution in [0.3, 0.4) is 0 Å². The van der Waals surface area contributed by atoms with Crippen LogP contribution in [0.5, 0.6) is 0 Å². The number of aromatic nitrogens is 2. The van der Waals surface area contributed by atoms with E-state index in [-0.39, 0.29) is 11.2 Å². The van der Waals surface area contributed by atoms with Gasteiger partial charge in [-0.1, -0.05) is 303 Å². The van der Waals surface area contributed by atoms with Gasteiger partial charge in [0.05, 0.1) is 22.1 Å². The minimum atomic E-state index is -0.311. The van der Waals surface area contributed by atoms with Gasteiger partial charge < -0.3 is 13.6 Å². The summed E-state index contributed by atoms with van der Waals surface area (Å²) in [4.78, 5) is 0. The van der Waals surface area contributed by atoms with Crippen LogP contribution in [-0.4, -0.2) is 9.13 Å². The minimum Gasteiger partial charge on any atom is -0.455 e. The lowest BCUT2D eigenvalue weighted by Crippen LogP contribution is -2.16. The van der Waals surface area contributed by atoms with Crippen molar-refractivity contribution in [3.63, 3.8) is 0 Å². The van der Waals surface area contributed by atoms with Gasteiger partial charge in [0.15, 0.2) is 0 Å². The number of halogens is 5. The molecule has 22 aromatic rings. The number of hydrogen-bond acceptors (Lipinski definition) is 3. The number of benzene rings is 17. The second kappa shape index (κ2) is 29.6. The van der Waals surface area contributed by atoms with E-state index in [4.69, 9.17) is 50.8 Å². The highest BCUT2D eigenvalue weighted by atomic mass is 35.5. The number of rotatable bonds is 7. The maximum Gasteiger partial charge on any atom is 0.143 e. The predicted molar refractivity (Wildman–Crippen MR) is 492 cm³/mol. The van der Waals surface area contributed by atoms with Gasteiger partial charge in [0.25, 0.3) is 0 Å². The molecular weight excluding hydrogens is 1530 g/mol. The average molecular weight is 1600 g/mol. The van der Waals surface area contributed by atoms with Crippen LogP contribution in [0.4, 0.5) is 4.39 Å². The van der Waals surface area contributed by atoms with E-state index in [1.54, 1.807) is 11.3 Å². The van der Waals surface area contributed by atoms with Crippen LogP contribution in [0.1, 0.15) is 25.0 Å². The summed E-state index contributed by atoms with van der Waals surface area (Å²) in [5.41, 5.74) is 24.9. The van der Waals surface area contributed by atoms with Crippen molar-refractivity contribution in [3.8, 4) is 78.1 Å². The van der Waals surface area contributed by atoms with E-state index in [0.717, 1.165) is 98.9 Å². The van der Waals surface area contributed by atoms with E-state index in [9.17, 15) is 4.39 Å². The van der Waals surface area contributed by atoms with Gasteiger partial charge in [-0.2, -0.15) is 0 Å². The first-order valence-corrected chi connectivity index (χ1v) is 41.3. The van der Waals surface area contributed by atoms with Gasteiger partial charge in [-0.05, 0) is 200 Å². The quantitative estimate of drug-likeness (QED) is 0.156. The number of hydrogen-bond donors (Lipinski definition) is 0. The molecule has 17 aromatic carbocycles. The molecule has 0 unspecified atom stereocenters. The number of para-hydroxylation sites is 6. The first kappa shape index (κ1) is 71.7. The zero-order valence-electron chi connectivity index (χ0n) is 62.2. The largest absolute Gasteiger partial charge is 0.455 e. The molecular formula is C105H67Cl4FN2OS2. The molecule has 1 aliphatic rings. The molecule has 0 radical (unpaired) electrons. The third kappa shape index (κ3) is 12.9. The molecule has 0 N–H and O–H groups in total. The Labute approximate surface area is 691 Å². The van der Waals surface area contributed by atoms with Gasteiger partial charge in [0.1, 0.15) is 17.0 Å². The molecule has 10 heteroatoms. The molecule has 5 aromatic heterocycles. The maximum atomic E-state index is 13.7. The molecule has 550 valence electrons. The molecule has 0 saturated heterocycles. The van der Waals surface area contributed by atoms with Crippen molar-refractivity contribution >= 4 is 175 Å². The summed E-state index contributed by atoms with van der Waals surface area (Å²) in [5.74, 6) is -0.311. The second-order valence-corrected chi connectivity index (χ2v) is 33.5. The zero-order chi connectivity index (χ0) is 77.6. The maximum absolute atomic E-state index is 13.7. The third-order valence-corrected chi connectivity index (χ3v) is 25.6. The summed E-state index contributed by atoms with van der Waals surface area (Å²) in [5, 5.41) is 14.9. The van der Waals surface area contributed by atoms with Gasteiger partial charge in [-0.25, -0.2) is 4.39 Å². The molecule has 23 rings (SSSR count). The zero-order valence-corrected chi connectivity index (χ0v) is 66.9. The molecule has 0 amide bonds. The normalized spacial score (nSPS) is 12.2. The highest BCUT2D eigenvalue weighted by Crippen LogP contribution is 2.55. The lowest BCUT2D eigenvalue weighted by atomic mass is 9.79. The Hall–Kier alpha value is -12.3. The van der Waals surface area contributed by atoms with Gasteiger partial charge in [0, 0.05) is 115 Å². The Morgan fingerprint density at radius 1 is 0.287 bits per heavy atom. The van der Waals surface area contributed by atoms with E-state index < -0.39 is 0 Å². The fraction of sp³-hybridized carbons (Fsp3) is 0.0286. The lowest BCUT2D eigenvalue weighted by molar-refractivity contribution is 0.628. The van der Waals surface area contributed by atoms with Crippen LogP contribution < -0.4 is 0 Å². The molecule has 0 fully saturated rings. The third-order valence-electron chi connectivity index (χ3n) is 22.4. The van der Waals surface area contributed by atoms with Gasteiger partial charge in [0.2, 0.25) is 0 Å². The van der Waals surface area contributed by atoms with E-state index in [1.807, 2.05) is 90.2 Å². The van der Waals surface area contributed by atoms with Crippen LogP contribution in [0.2, 0.25) is 20.1 Å². The highest BCUT2D eigenvalue weighted by Gasteiger charge is 2.38. The Morgan fingerprint density at radius 3 is 1.47 bits per heavy atom. The first-order valence-electron chi connectivity index (χ1n) is 38.2. The smallest absolute Gasteiger partial charge is 0.143 e. The Kier molecular flexibility index (Phi) is 18.4. The number of nitrogens with zero attached hydrogens (tertiary/aromatic N) is 2. The molecule has 0 spiro atoms. The second-order valence-electron chi connectivity index (χ2n) is 29.6. The fourth-order valence-corrected chi connectivity index (χ4v) is 20.6. The van der Waals surface area contributed by atoms with Crippen molar-refractivity contribution in [1.29, 1.82) is 0 Å². The summed E-state index contributed by atoms with van der Waals surface area (Å²) in [6.07, 6.45) is 0. The van der Waals surface area contributed by atoms with Crippen molar-refractivity contribution in [2.24, 2.45) is 0 Å². The van der Waals surface area contributed by atoms with Crippen molar-refractivity contribution in [2.45, 2.75) is 19.3 Å². The fourth-order valence-electron chi connectivity index (χ4n) is 17.4. The SMILES string of the molecule is CC1(C)c2ccccc2-c2cc(Cl)cc(-c3cccc4c3sc3ccccc34)c21.Clc1cc(-c2cccc3c2oc2ccccc23)cc(-n2c3ccccc3c3ccccc32)c1.Clc1cc(-c2ccccc2)cc(-c2ccc3c4ccccc4n(-c4ccccc4)c3c2)c1.Fc1cc(Cl)cc(-c2cccc3sc4ccccc4c23)c1. The average Bonchev–Trinajstić information content (AvgIpc) is 1.54.